The number of rotatable bonds is 5. The molecule has 1 aromatic carbocycles. The normalized spacial score (nSPS) is 12.6. The first-order chi connectivity index (χ1) is 10.3. The highest BCUT2D eigenvalue weighted by molar-refractivity contribution is 6.39. The molecule has 2 amide bonds. The molecule has 1 unspecified atom stereocenters. The first kappa shape index (κ1) is 18.0. The Balaban J connectivity index is 2.62. The number of nitrogens with one attached hydrogen (secondary N) is 2. The third-order valence-corrected chi connectivity index (χ3v) is 2.98. The van der Waals surface area contributed by atoms with Crippen molar-refractivity contribution in [3.8, 4) is 0 Å². The Morgan fingerprint density at radius 1 is 1.18 bits per heavy atom. The third-order valence-electron chi connectivity index (χ3n) is 2.98. The maximum atomic E-state index is 12.4. The lowest BCUT2D eigenvalue weighted by atomic mass is 10.1. The van der Waals surface area contributed by atoms with Crippen molar-refractivity contribution in [1.29, 1.82) is 0 Å². The summed E-state index contributed by atoms with van der Waals surface area (Å²) in [6, 6.07) is 3.43. The van der Waals surface area contributed by atoms with Crippen molar-refractivity contribution in [2.24, 2.45) is 0 Å². The van der Waals surface area contributed by atoms with E-state index in [0.717, 1.165) is 24.3 Å². The van der Waals surface area contributed by atoms with Crippen LogP contribution in [-0.2, 0) is 15.8 Å². The zero-order valence-electron chi connectivity index (χ0n) is 11.9. The molecule has 0 heterocycles. The Labute approximate surface area is 125 Å². The number of benzene rings is 1. The zero-order valence-corrected chi connectivity index (χ0v) is 11.9. The predicted octanol–water partition coefficient (Wildman–Crippen LogP) is 1.92. The number of aliphatic hydroxyl groups excluding tert-OH is 1. The second-order valence-corrected chi connectivity index (χ2v) is 4.62. The molecule has 1 aromatic rings. The quantitative estimate of drug-likeness (QED) is 0.726. The number of halogens is 3. The molecule has 8 heteroatoms. The van der Waals surface area contributed by atoms with Gasteiger partial charge in [0.15, 0.2) is 0 Å². The lowest BCUT2D eigenvalue weighted by Crippen LogP contribution is -2.42. The maximum absolute atomic E-state index is 12.4. The van der Waals surface area contributed by atoms with Crippen LogP contribution in [0.2, 0.25) is 0 Å². The summed E-state index contributed by atoms with van der Waals surface area (Å²) in [6.07, 6.45) is -3.60. The first-order valence-corrected chi connectivity index (χ1v) is 6.68. The number of anilines is 1. The van der Waals surface area contributed by atoms with Gasteiger partial charge in [0.1, 0.15) is 0 Å². The number of alkyl halides is 3. The van der Waals surface area contributed by atoms with Gasteiger partial charge in [-0.15, -0.1) is 0 Å². The first-order valence-electron chi connectivity index (χ1n) is 6.68. The molecule has 0 saturated heterocycles. The highest BCUT2D eigenvalue weighted by Crippen LogP contribution is 2.29. The van der Waals surface area contributed by atoms with Crippen molar-refractivity contribution >= 4 is 17.5 Å². The van der Waals surface area contributed by atoms with E-state index in [1.54, 1.807) is 6.92 Å². The fourth-order valence-corrected chi connectivity index (χ4v) is 1.72. The van der Waals surface area contributed by atoms with E-state index in [4.69, 9.17) is 5.11 Å². The van der Waals surface area contributed by atoms with E-state index in [1.807, 2.05) is 0 Å². The van der Waals surface area contributed by atoms with Crippen LogP contribution in [0.3, 0.4) is 0 Å². The van der Waals surface area contributed by atoms with E-state index in [2.05, 4.69) is 10.6 Å². The van der Waals surface area contributed by atoms with Gasteiger partial charge in [-0.05, 0) is 37.1 Å². The fraction of sp³-hybridized carbons (Fsp3) is 0.429. The molecule has 1 rings (SSSR count). The van der Waals surface area contributed by atoms with E-state index < -0.39 is 23.6 Å². The topological polar surface area (TPSA) is 78.4 Å². The predicted molar refractivity (Wildman–Crippen MR) is 74.0 cm³/mol. The van der Waals surface area contributed by atoms with Gasteiger partial charge in [-0.2, -0.15) is 13.2 Å². The summed E-state index contributed by atoms with van der Waals surface area (Å²) in [7, 11) is 0. The van der Waals surface area contributed by atoms with Crippen molar-refractivity contribution in [1.82, 2.24) is 5.32 Å². The second kappa shape index (κ2) is 7.79. The minimum absolute atomic E-state index is 0.0864. The minimum atomic E-state index is -4.46. The summed E-state index contributed by atoms with van der Waals surface area (Å²) >= 11 is 0. The molecule has 1 atom stereocenters. The van der Waals surface area contributed by atoms with Gasteiger partial charge in [0.05, 0.1) is 5.56 Å². The van der Waals surface area contributed by atoms with E-state index in [-0.39, 0.29) is 18.3 Å². The Bertz CT molecular complexity index is 515. The Morgan fingerprint density at radius 2 is 1.77 bits per heavy atom. The Morgan fingerprint density at radius 3 is 2.23 bits per heavy atom. The van der Waals surface area contributed by atoms with Gasteiger partial charge in [0, 0.05) is 18.3 Å². The Kier molecular flexibility index (Phi) is 6.36. The number of carbonyl (C=O) groups is 2. The van der Waals surface area contributed by atoms with Gasteiger partial charge in [-0.25, -0.2) is 0 Å². The molecule has 22 heavy (non-hydrogen) atoms. The van der Waals surface area contributed by atoms with E-state index in [0.29, 0.717) is 12.8 Å². The van der Waals surface area contributed by atoms with Crippen LogP contribution in [0.15, 0.2) is 24.3 Å². The summed E-state index contributed by atoms with van der Waals surface area (Å²) in [5.74, 6) is -1.88. The standard InChI is InChI=1S/C14H17F3N2O3/c1-2-10(7-8-20)18-12(21)13(22)19-11-5-3-9(4-6-11)14(15,16)17/h3-6,10,20H,2,7-8H2,1H3,(H,18,21)(H,19,22). The smallest absolute Gasteiger partial charge is 0.396 e. The van der Waals surface area contributed by atoms with Crippen molar-refractivity contribution in [2.45, 2.75) is 32.0 Å². The van der Waals surface area contributed by atoms with Crippen LogP contribution in [0.4, 0.5) is 18.9 Å². The molecule has 0 spiro atoms. The van der Waals surface area contributed by atoms with Crippen LogP contribution >= 0.6 is 0 Å². The van der Waals surface area contributed by atoms with Crippen molar-refractivity contribution in [3.05, 3.63) is 29.8 Å². The van der Waals surface area contributed by atoms with Gasteiger partial charge in [0.2, 0.25) is 0 Å². The van der Waals surface area contributed by atoms with Crippen molar-refractivity contribution in [3.63, 3.8) is 0 Å². The Hall–Kier alpha value is -2.09. The monoisotopic (exact) mass is 318 g/mol. The molecule has 122 valence electrons. The molecule has 3 N–H and O–H groups in total. The second-order valence-electron chi connectivity index (χ2n) is 4.62. The molecule has 0 aliphatic carbocycles. The van der Waals surface area contributed by atoms with Gasteiger partial charge in [-0.1, -0.05) is 6.92 Å². The summed E-state index contributed by atoms with van der Waals surface area (Å²) in [5, 5.41) is 13.4. The van der Waals surface area contributed by atoms with E-state index >= 15 is 0 Å². The molecular formula is C14H17F3N2O3. The summed E-state index contributed by atoms with van der Waals surface area (Å²) in [5.41, 5.74) is -0.757. The lowest BCUT2D eigenvalue weighted by molar-refractivity contribution is -0.137. The van der Waals surface area contributed by atoms with E-state index in [1.165, 1.54) is 0 Å². The van der Waals surface area contributed by atoms with E-state index in [9.17, 15) is 22.8 Å². The summed E-state index contributed by atoms with van der Waals surface area (Å²) in [6.45, 7) is 1.66. The van der Waals surface area contributed by atoms with Crippen LogP contribution in [0.25, 0.3) is 0 Å². The summed E-state index contributed by atoms with van der Waals surface area (Å²) in [4.78, 5) is 23.3. The number of hydrogen-bond donors (Lipinski definition) is 3. The lowest BCUT2D eigenvalue weighted by Gasteiger charge is -2.15. The van der Waals surface area contributed by atoms with Crippen LogP contribution in [0.1, 0.15) is 25.3 Å². The average molecular weight is 318 g/mol. The third kappa shape index (κ3) is 5.36. The van der Waals surface area contributed by atoms with Crippen molar-refractivity contribution in [2.75, 3.05) is 11.9 Å². The highest BCUT2D eigenvalue weighted by atomic mass is 19.4. The van der Waals surface area contributed by atoms with Crippen LogP contribution in [-0.4, -0.2) is 29.6 Å². The number of carbonyl (C=O) groups excluding carboxylic acids is 2. The van der Waals surface area contributed by atoms with Gasteiger partial charge in [-0.3, -0.25) is 9.59 Å². The number of amides is 2. The minimum Gasteiger partial charge on any atom is -0.396 e. The fourth-order valence-electron chi connectivity index (χ4n) is 1.72. The SMILES string of the molecule is CCC(CCO)NC(=O)C(=O)Nc1ccc(C(F)(F)F)cc1. The summed E-state index contributed by atoms with van der Waals surface area (Å²) < 4.78 is 37.2. The average Bonchev–Trinajstić information content (AvgIpc) is 2.46. The molecule has 0 aliphatic rings. The largest absolute Gasteiger partial charge is 0.416 e. The molecule has 5 nitrogen and oxygen atoms in total. The maximum Gasteiger partial charge on any atom is 0.416 e. The molecule has 0 radical (unpaired) electrons. The van der Waals surface area contributed by atoms with Gasteiger partial charge >= 0.3 is 18.0 Å². The van der Waals surface area contributed by atoms with Crippen LogP contribution < -0.4 is 10.6 Å². The number of aliphatic hydroxyl groups is 1. The zero-order chi connectivity index (χ0) is 16.8. The van der Waals surface area contributed by atoms with Crippen LogP contribution in [0, 0.1) is 0 Å². The van der Waals surface area contributed by atoms with Gasteiger partial charge in [0.25, 0.3) is 0 Å². The molecular weight excluding hydrogens is 301 g/mol. The number of hydrogen-bond acceptors (Lipinski definition) is 3. The molecule has 0 fully saturated rings. The molecule has 0 bridgehead atoms. The van der Waals surface area contributed by atoms with Gasteiger partial charge < -0.3 is 15.7 Å². The molecule has 0 saturated carbocycles. The van der Waals surface area contributed by atoms with Crippen LogP contribution in [0.5, 0.6) is 0 Å². The van der Waals surface area contributed by atoms with Crippen molar-refractivity contribution < 1.29 is 27.9 Å². The molecule has 0 aliphatic heterocycles. The molecule has 0 aromatic heterocycles. The highest BCUT2D eigenvalue weighted by Gasteiger charge is 2.30.